The predicted molar refractivity (Wildman–Crippen MR) is 235 cm³/mol. The van der Waals surface area contributed by atoms with E-state index in [2.05, 4.69) is 153 Å². The lowest BCUT2D eigenvalue weighted by molar-refractivity contribution is -0.928. The van der Waals surface area contributed by atoms with Crippen LogP contribution in [0.5, 0.6) is 23.0 Å². The summed E-state index contributed by atoms with van der Waals surface area (Å²) in [4.78, 5) is 0. The summed E-state index contributed by atoms with van der Waals surface area (Å²) < 4.78 is 33.3. The van der Waals surface area contributed by atoms with Gasteiger partial charge in [-0.1, -0.05) is 116 Å². The molecule has 6 rings (SSSR count). The largest absolute Gasteiger partial charge is 0.704 e. The molecule has 0 aromatic heterocycles. The minimum absolute atomic E-state index is 0.00312. The number of unbranched alkanes of at least 4 members (excludes halogenated alkanes) is 3. The van der Waals surface area contributed by atoms with Crippen molar-refractivity contribution in [2.45, 2.75) is 150 Å². The van der Waals surface area contributed by atoms with E-state index in [1.165, 1.54) is 69.3 Å². The topological polar surface area (TPSA) is 42.9 Å². The van der Waals surface area contributed by atoms with Gasteiger partial charge in [0, 0.05) is 19.4 Å². The maximum Gasteiger partial charge on any atom is 0.704 e. The fourth-order valence-corrected chi connectivity index (χ4v) is 8.81. The van der Waals surface area contributed by atoms with E-state index in [0.717, 1.165) is 69.2 Å². The molecule has 3 aromatic carbocycles. The van der Waals surface area contributed by atoms with Crippen LogP contribution in [0, 0.1) is 0 Å². The summed E-state index contributed by atoms with van der Waals surface area (Å²) in [6.45, 7) is 34.0. The van der Waals surface area contributed by atoms with Crippen LogP contribution >= 0.6 is 0 Å². The quantitative estimate of drug-likeness (QED) is 0.101. The number of nitrogens with zero attached hydrogens (tertiary/aromatic N) is 3. The molecular formula is C50H74N3O4+3. The first-order valence-corrected chi connectivity index (χ1v) is 22.2. The molecular weight excluding hydrogens is 707 g/mol. The van der Waals surface area contributed by atoms with E-state index in [0.29, 0.717) is 13.2 Å². The SMILES string of the molecule is CCCC[N+](CCCC)(CCCC)CCOc1cccc(OCCC)c1-c1ccc2c(c1)C=[N+]1CC(C)(C)[N+]3=Cc4cc(C(C)(C)C)cc(C(C)(C)C)c4OC13O2. The standard InChI is InChI=1S/C50H74N3O4/c1-13-17-25-53(26-18-14-2,27-19-15-3)28-30-55-44-22-20-21-43(54-29-16-4)45(44)37-23-24-42-38(31-37)34-51-36-49(11,12)52-35-39-32-40(47(5,6)7)33-41(48(8,9)10)46(39)57-50(51,52)56-42/h20-24,31-35H,13-19,25-30,36H2,1-12H3/q+3. The molecule has 310 valence electrons. The van der Waals surface area contributed by atoms with Crippen LogP contribution in [-0.4, -0.2) is 83.6 Å². The van der Waals surface area contributed by atoms with Gasteiger partial charge in [0.05, 0.1) is 42.9 Å². The van der Waals surface area contributed by atoms with Crippen molar-refractivity contribution < 1.29 is 32.6 Å². The maximum absolute atomic E-state index is 7.23. The maximum atomic E-state index is 7.23. The zero-order chi connectivity index (χ0) is 41.2. The molecule has 0 bridgehead atoms. The molecule has 0 radical (unpaired) electrons. The van der Waals surface area contributed by atoms with Gasteiger partial charge in [-0.15, -0.1) is 0 Å². The summed E-state index contributed by atoms with van der Waals surface area (Å²) >= 11 is 0. The minimum Gasteiger partial charge on any atom is -0.493 e. The Labute approximate surface area is 345 Å². The van der Waals surface area contributed by atoms with E-state index in [9.17, 15) is 0 Å². The lowest BCUT2D eigenvalue weighted by Gasteiger charge is -2.39. The molecule has 3 aromatic rings. The van der Waals surface area contributed by atoms with Gasteiger partial charge in [0.2, 0.25) is 12.1 Å². The molecule has 1 atom stereocenters. The molecule has 0 aliphatic carbocycles. The van der Waals surface area contributed by atoms with Gasteiger partial charge in [-0.2, -0.15) is 0 Å². The number of quaternary nitrogens is 1. The molecule has 1 saturated heterocycles. The second-order valence-corrected chi connectivity index (χ2v) is 19.6. The number of fused-ring (bicyclic) bond motifs is 2. The summed E-state index contributed by atoms with van der Waals surface area (Å²) in [5, 5.41) is 0. The summed E-state index contributed by atoms with van der Waals surface area (Å²) in [5.41, 5.74) is 6.27. The summed E-state index contributed by atoms with van der Waals surface area (Å²) in [7, 11) is 0. The molecule has 1 unspecified atom stereocenters. The average molecular weight is 781 g/mol. The fraction of sp³-hybridized carbons (Fsp3) is 0.600. The van der Waals surface area contributed by atoms with E-state index in [-0.39, 0.29) is 16.4 Å². The Hall–Kier alpha value is -3.84. The second kappa shape index (κ2) is 16.8. The van der Waals surface area contributed by atoms with E-state index < -0.39 is 6.03 Å². The Kier molecular flexibility index (Phi) is 12.6. The van der Waals surface area contributed by atoms with E-state index in [4.69, 9.17) is 18.9 Å². The third-order valence-electron chi connectivity index (χ3n) is 12.2. The Balaban J connectivity index is 1.37. The highest BCUT2D eigenvalue weighted by atomic mass is 16.7. The van der Waals surface area contributed by atoms with Crippen molar-refractivity contribution in [1.29, 1.82) is 0 Å². The summed E-state index contributed by atoms with van der Waals surface area (Å²) in [6.07, 6.45) is 12.9. The van der Waals surface area contributed by atoms with Crippen LogP contribution in [0.2, 0.25) is 0 Å². The summed E-state index contributed by atoms with van der Waals surface area (Å²) in [6, 6.07) is 16.3. The fourth-order valence-electron chi connectivity index (χ4n) is 8.81. The summed E-state index contributed by atoms with van der Waals surface area (Å²) in [5.74, 6) is 3.41. The Morgan fingerprint density at radius 2 is 1.32 bits per heavy atom. The highest BCUT2D eigenvalue weighted by Crippen LogP contribution is 2.47. The molecule has 1 spiro atoms. The molecule has 1 fully saturated rings. The number of hydrogen-bond acceptors (Lipinski definition) is 4. The molecule has 57 heavy (non-hydrogen) atoms. The lowest BCUT2D eigenvalue weighted by Crippen LogP contribution is -2.61. The molecule has 0 amide bonds. The minimum atomic E-state index is -1.14. The third kappa shape index (κ3) is 8.79. The Morgan fingerprint density at radius 3 is 1.89 bits per heavy atom. The highest BCUT2D eigenvalue weighted by molar-refractivity contribution is 5.87. The molecule has 7 nitrogen and oxygen atoms in total. The molecule has 7 heteroatoms. The normalized spacial score (nSPS) is 18.3. The monoisotopic (exact) mass is 781 g/mol. The van der Waals surface area contributed by atoms with Crippen molar-refractivity contribution >= 4 is 12.4 Å². The Morgan fingerprint density at radius 1 is 0.684 bits per heavy atom. The van der Waals surface area contributed by atoms with Gasteiger partial charge >= 0.3 is 6.03 Å². The van der Waals surface area contributed by atoms with Gasteiger partial charge in [0.25, 0.3) is 0 Å². The Bertz CT molecular complexity index is 1940. The van der Waals surface area contributed by atoms with E-state index in [1.54, 1.807) is 0 Å². The first-order valence-electron chi connectivity index (χ1n) is 22.2. The van der Waals surface area contributed by atoms with Gasteiger partial charge in [0.1, 0.15) is 24.7 Å². The van der Waals surface area contributed by atoms with Gasteiger partial charge < -0.3 is 23.4 Å². The number of ether oxygens (including phenoxy) is 4. The third-order valence-corrected chi connectivity index (χ3v) is 12.2. The molecule has 3 heterocycles. The van der Waals surface area contributed by atoms with Crippen LogP contribution in [0.25, 0.3) is 11.1 Å². The first-order chi connectivity index (χ1) is 27.0. The van der Waals surface area contributed by atoms with Gasteiger partial charge in [0.15, 0.2) is 23.9 Å². The van der Waals surface area contributed by atoms with Gasteiger partial charge in [-0.3, -0.25) is 0 Å². The smallest absolute Gasteiger partial charge is 0.493 e. The van der Waals surface area contributed by atoms with Crippen LogP contribution in [-0.2, 0) is 10.8 Å². The lowest BCUT2D eigenvalue weighted by atomic mass is 9.79. The molecule has 0 N–H and O–H groups in total. The van der Waals surface area contributed by atoms with Crippen molar-refractivity contribution in [3.8, 4) is 34.1 Å². The van der Waals surface area contributed by atoms with Crippen molar-refractivity contribution in [3.05, 3.63) is 70.8 Å². The van der Waals surface area contributed by atoms with Crippen LogP contribution in [0.15, 0.2) is 48.5 Å². The number of rotatable bonds is 17. The zero-order valence-electron chi connectivity index (χ0n) is 37.6. The second-order valence-electron chi connectivity index (χ2n) is 19.6. The van der Waals surface area contributed by atoms with E-state index in [1.807, 2.05) is 0 Å². The first kappa shape index (κ1) is 42.8. The van der Waals surface area contributed by atoms with Gasteiger partial charge in [-0.25, -0.2) is 0 Å². The van der Waals surface area contributed by atoms with Crippen LogP contribution in [0.4, 0.5) is 0 Å². The van der Waals surface area contributed by atoms with Crippen molar-refractivity contribution in [2.75, 3.05) is 45.9 Å². The van der Waals surface area contributed by atoms with Crippen LogP contribution in [0.3, 0.4) is 0 Å². The molecule has 3 aliphatic rings. The van der Waals surface area contributed by atoms with E-state index >= 15 is 0 Å². The van der Waals surface area contributed by atoms with Crippen LogP contribution < -0.4 is 18.9 Å². The zero-order valence-corrected chi connectivity index (χ0v) is 37.6. The predicted octanol–water partition coefficient (Wildman–Crippen LogP) is 11.1. The molecule has 0 saturated carbocycles. The van der Waals surface area contributed by atoms with Gasteiger partial charge in [-0.05, 0) is 78.0 Å². The van der Waals surface area contributed by atoms with Crippen molar-refractivity contribution in [2.24, 2.45) is 0 Å². The highest BCUT2D eigenvalue weighted by Gasteiger charge is 2.75. The molecule has 3 aliphatic heterocycles. The van der Waals surface area contributed by atoms with Crippen molar-refractivity contribution in [3.63, 3.8) is 0 Å². The van der Waals surface area contributed by atoms with Crippen LogP contribution in [0.1, 0.15) is 150 Å². The van der Waals surface area contributed by atoms with Crippen molar-refractivity contribution in [1.82, 2.24) is 0 Å². The average Bonchev–Trinajstić information content (AvgIpc) is 3.38. The number of hydrogen-bond donors (Lipinski definition) is 0. The number of benzene rings is 3.